The Morgan fingerprint density at radius 2 is 1.41 bits per heavy atom. The number of ether oxygens (including phenoxy) is 1. The first-order chi connectivity index (χ1) is 16.5. The van der Waals surface area contributed by atoms with Crippen molar-refractivity contribution in [2.45, 2.75) is 6.92 Å². The lowest BCUT2D eigenvalue weighted by molar-refractivity contribution is -0.129. The molecule has 174 valence electrons. The van der Waals surface area contributed by atoms with Crippen LogP contribution in [0.1, 0.15) is 27.6 Å². The molecular weight excluding hydrogens is 430 g/mol. The molecule has 0 unspecified atom stereocenters. The van der Waals surface area contributed by atoms with Gasteiger partial charge in [-0.05, 0) is 41.5 Å². The number of amides is 2. The lowest BCUT2D eigenvalue weighted by Gasteiger charge is -2.36. The predicted octanol–water partition coefficient (Wildman–Crippen LogP) is 4.06. The minimum Gasteiger partial charge on any atom is -0.465 e. The van der Waals surface area contributed by atoms with Gasteiger partial charge in [0.05, 0.1) is 24.0 Å². The molecule has 7 heteroatoms. The number of nitrogens with one attached hydrogen (secondary N) is 1. The molecule has 0 aliphatic carbocycles. The molecule has 1 aliphatic heterocycles. The van der Waals surface area contributed by atoms with Crippen molar-refractivity contribution in [2.75, 3.05) is 43.5 Å². The zero-order chi connectivity index (χ0) is 24.1. The number of nitrogens with zero attached hydrogens (tertiary/aromatic N) is 2. The number of anilines is 2. The van der Waals surface area contributed by atoms with Gasteiger partial charge in [-0.15, -0.1) is 0 Å². The van der Waals surface area contributed by atoms with E-state index >= 15 is 0 Å². The van der Waals surface area contributed by atoms with Gasteiger partial charge in [0.2, 0.25) is 5.91 Å². The first kappa shape index (κ1) is 23.0. The molecule has 4 rings (SSSR count). The topological polar surface area (TPSA) is 79.0 Å². The fourth-order valence-electron chi connectivity index (χ4n) is 4.06. The molecule has 2 amide bonds. The Hall–Kier alpha value is -4.13. The Labute approximate surface area is 198 Å². The zero-order valence-corrected chi connectivity index (χ0v) is 19.3. The Balaban J connectivity index is 1.57. The fourth-order valence-corrected chi connectivity index (χ4v) is 4.06. The van der Waals surface area contributed by atoms with E-state index in [-0.39, 0.29) is 11.8 Å². The summed E-state index contributed by atoms with van der Waals surface area (Å²) in [4.78, 5) is 40.8. The first-order valence-corrected chi connectivity index (χ1v) is 11.2. The second-order valence-corrected chi connectivity index (χ2v) is 8.11. The van der Waals surface area contributed by atoms with E-state index in [1.54, 1.807) is 36.1 Å². The molecule has 0 spiro atoms. The number of hydrogen-bond acceptors (Lipinski definition) is 5. The number of carbonyl (C=O) groups is 3. The monoisotopic (exact) mass is 457 g/mol. The Morgan fingerprint density at radius 3 is 2.03 bits per heavy atom. The predicted molar refractivity (Wildman–Crippen MR) is 132 cm³/mol. The second kappa shape index (κ2) is 10.2. The van der Waals surface area contributed by atoms with Crippen molar-refractivity contribution in [1.29, 1.82) is 0 Å². The number of benzene rings is 3. The van der Waals surface area contributed by atoms with Crippen LogP contribution < -0.4 is 10.2 Å². The zero-order valence-electron chi connectivity index (χ0n) is 19.3. The highest BCUT2D eigenvalue weighted by molar-refractivity contribution is 6.07. The third kappa shape index (κ3) is 5.09. The lowest BCUT2D eigenvalue weighted by atomic mass is 10.0. The van der Waals surface area contributed by atoms with E-state index in [1.807, 2.05) is 48.5 Å². The summed E-state index contributed by atoms with van der Waals surface area (Å²) in [5.41, 5.74) is 4.28. The van der Waals surface area contributed by atoms with Gasteiger partial charge in [0.25, 0.3) is 5.91 Å². The van der Waals surface area contributed by atoms with Crippen molar-refractivity contribution in [3.05, 3.63) is 83.9 Å². The van der Waals surface area contributed by atoms with Crippen LogP contribution in [0.25, 0.3) is 11.1 Å². The molecule has 1 aliphatic rings. The Morgan fingerprint density at radius 1 is 0.794 bits per heavy atom. The van der Waals surface area contributed by atoms with Gasteiger partial charge in [-0.25, -0.2) is 4.79 Å². The summed E-state index contributed by atoms with van der Waals surface area (Å²) in [7, 11) is 1.32. The number of esters is 1. The summed E-state index contributed by atoms with van der Waals surface area (Å²) in [5, 5.41) is 2.97. The van der Waals surface area contributed by atoms with E-state index in [0.29, 0.717) is 43.0 Å². The van der Waals surface area contributed by atoms with Crippen LogP contribution in [-0.4, -0.2) is 56.0 Å². The highest BCUT2D eigenvalue weighted by Gasteiger charge is 2.22. The van der Waals surface area contributed by atoms with E-state index in [2.05, 4.69) is 10.2 Å². The van der Waals surface area contributed by atoms with Gasteiger partial charge >= 0.3 is 5.97 Å². The van der Waals surface area contributed by atoms with Gasteiger partial charge in [0, 0.05) is 38.7 Å². The van der Waals surface area contributed by atoms with Crippen LogP contribution in [0.2, 0.25) is 0 Å². The largest absolute Gasteiger partial charge is 0.465 e. The van der Waals surface area contributed by atoms with Gasteiger partial charge in [-0.2, -0.15) is 0 Å². The summed E-state index contributed by atoms with van der Waals surface area (Å²) in [6, 6.07) is 22.5. The van der Waals surface area contributed by atoms with Gasteiger partial charge in [0.1, 0.15) is 0 Å². The maximum atomic E-state index is 13.1. The van der Waals surface area contributed by atoms with Gasteiger partial charge in [-0.1, -0.05) is 42.5 Å². The number of carbonyl (C=O) groups excluding carboxylic acids is 3. The van der Waals surface area contributed by atoms with E-state index in [1.165, 1.54) is 7.11 Å². The normalized spacial score (nSPS) is 13.4. The highest BCUT2D eigenvalue weighted by Crippen LogP contribution is 2.29. The molecule has 0 aromatic heterocycles. The van der Waals surface area contributed by atoms with E-state index in [0.717, 1.165) is 16.8 Å². The lowest BCUT2D eigenvalue weighted by Crippen LogP contribution is -2.48. The fraction of sp³-hybridized carbons (Fsp3) is 0.222. The SMILES string of the molecule is COC(=O)c1ccc(N2CCN(C(C)=O)CC2)c(NC(=O)c2ccc(-c3ccccc3)cc2)c1. The highest BCUT2D eigenvalue weighted by atomic mass is 16.5. The van der Waals surface area contributed by atoms with Gasteiger partial charge < -0.3 is 19.9 Å². The minimum atomic E-state index is -0.476. The molecule has 1 heterocycles. The molecule has 0 atom stereocenters. The Bertz CT molecular complexity index is 1180. The minimum absolute atomic E-state index is 0.0492. The summed E-state index contributed by atoms with van der Waals surface area (Å²) in [5.74, 6) is -0.700. The molecular formula is C27H27N3O4. The van der Waals surface area contributed by atoms with Crippen LogP contribution in [0.5, 0.6) is 0 Å². The number of hydrogen-bond donors (Lipinski definition) is 1. The van der Waals surface area contributed by atoms with Crippen LogP contribution in [-0.2, 0) is 9.53 Å². The van der Waals surface area contributed by atoms with Crippen LogP contribution in [0.4, 0.5) is 11.4 Å². The van der Waals surface area contributed by atoms with Crippen LogP contribution in [0, 0.1) is 0 Å². The smallest absolute Gasteiger partial charge is 0.337 e. The van der Waals surface area contributed by atoms with Crippen molar-refractivity contribution >= 4 is 29.2 Å². The quantitative estimate of drug-likeness (QED) is 0.585. The molecule has 1 fully saturated rings. The van der Waals surface area contributed by atoms with E-state index in [9.17, 15) is 14.4 Å². The first-order valence-electron chi connectivity index (χ1n) is 11.2. The number of methoxy groups -OCH3 is 1. The molecule has 3 aromatic carbocycles. The number of piperazine rings is 1. The standard InChI is InChI=1S/C27H27N3O4/c1-19(31)29-14-16-30(17-15-29)25-13-12-23(27(33)34-2)18-24(25)28-26(32)22-10-8-21(9-11-22)20-6-4-3-5-7-20/h3-13,18H,14-17H2,1-2H3,(H,28,32). The molecule has 0 bridgehead atoms. The van der Waals surface area contributed by atoms with Crippen molar-refractivity contribution in [2.24, 2.45) is 0 Å². The molecule has 1 saturated heterocycles. The van der Waals surface area contributed by atoms with Crippen molar-refractivity contribution in [1.82, 2.24) is 4.90 Å². The average molecular weight is 458 g/mol. The maximum absolute atomic E-state index is 13.1. The molecule has 7 nitrogen and oxygen atoms in total. The van der Waals surface area contributed by atoms with Gasteiger partial charge in [0.15, 0.2) is 0 Å². The van der Waals surface area contributed by atoms with Gasteiger partial charge in [-0.3, -0.25) is 9.59 Å². The summed E-state index contributed by atoms with van der Waals surface area (Å²) >= 11 is 0. The maximum Gasteiger partial charge on any atom is 0.337 e. The average Bonchev–Trinajstić information content (AvgIpc) is 2.89. The van der Waals surface area contributed by atoms with Crippen LogP contribution >= 0.6 is 0 Å². The summed E-state index contributed by atoms with van der Waals surface area (Å²) in [6.07, 6.45) is 0. The van der Waals surface area contributed by atoms with E-state index < -0.39 is 5.97 Å². The van der Waals surface area contributed by atoms with Crippen molar-refractivity contribution in [3.63, 3.8) is 0 Å². The number of rotatable bonds is 5. The summed E-state index contributed by atoms with van der Waals surface area (Å²) < 4.78 is 4.85. The van der Waals surface area contributed by atoms with Crippen LogP contribution in [0.3, 0.4) is 0 Å². The molecule has 1 N–H and O–H groups in total. The van der Waals surface area contributed by atoms with Crippen molar-refractivity contribution < 1.29 is 19.1 Å². The molecule has 3 aromatic rings. The third-order valence-corrected chi connectivity index (χ3v) is 5.99. The molecule has 0 saturated carbocycles. The third-order valence-electron chi connectivity index (χ3n) is 5.99. The van der Waals surface area contributed by atoms with Crippen LogP contribution in [0.15, 0.2) is 72.8 Å². The second-order valence-electron chi connectivity index (χ2n) is 8.11. The van der Waals surface area contributed by atoms with Crippen molar-refractivity contribution in [3.8, 4) is 11.1 Å². The molecule has 0 radical (unpaired) electrons. The molecule has 34 heavy (non-hydrogen) atoms. The van der Waals surface area contributed by atoms with E-state index in [4.69, 9.17) is 4.74 Å². The summed E-state index contributed by atoms with van der Waals surface area (Å²) in [6.45, 7) is 4.03. The Kier molecular flexibility index (Phi) is 6.92.